The number of piperazine rings is 1. The Morgan fingerprint density at radius 1 is 1.08 bits per heavy atom. The Labute approximate surface area is 148 Å². The molecule has 3 heterocycles. The molecule has 6 nitrogen and oxygen atoms in total. The third-order valence-electron chi connectivity index (χ3n) is 5.38. The van der Waals surface area contributed by atoms with Crippen LogP contribution in [0.3, 0.4) is 0 Å². The standard InChI is InChI=1S/C19H25N3O3/c23-18-2-1-6-22(18)14-19(24)21-9-7-20(8-10-21)13-15-3-4-17-16(12-15)5-11-25-17/h3-4,12H,1-2,5-11,13-14H2. The Morgan fingerprint density at radius 3 is 2.68 bits per heavy atom. The number of carbonyl (C=O) groups is 2. The Bertz CT molecular complexity index is 668. The molecule has 3 aliphatic rings. The molecule has 3 aliphatic heterocycles. The van der Waals surface area contributed by atoms with Crippen molar-refractivity contribution in [1.82, 2.24) is 14.7 Å². The van der Waals surface area contributed by atoms with Crippen LogP contribution in [0.15, 0.2) is 18.2 Å². The molecule has 0 atom stereocenters. The van der Waals surface area contributed by atoms with Gasteiger partial charge in [-0.3, -0.25) is 14.5 Å². The molecule has 4 rings (SSSR count). The van der Waals surface area contributed by atoms with Gasteiger partial charge >= 0.3 is 0 Å². The zero-order valence-electron chi connectivity index (χ0n) is 14.6. The number of fused-ring (bicyclic) bond motifs is 1. The van der Waals surface area contributed by atoms with Crippen LogP contribution < -0.4 is 4.74 Å². The number of ether oxygens (including phenoxy) is 1. The summed E-state index contributed by atoms with van der Waals surface area (Å²) in [5.41, 5.74) is 2.62. The van der Waals surface area contributed by atoms with Crippen LogP contribution in [0.25, 0.3) is 0 Å². The normalized spacial score (nSPS) is 20.7. The van der Waals surface area contributed by atoms with Crippen LogP contribution in [0.1, 0.15) is 24.0 Å². The number of rotatable bonds is 4. The van der Waals surface area contributed by atoms with Crippen molar-refractivity contribution in [2.75, 3.05) is 45.9 Å². The van der Waals surface area contributed by atoms with Gasteiger partial charge in [-0.05, 0) is 23.6 Å². The molecular formula is C19H25N3O3. The summed E-state index contributed by atoms with van der Waals surface area (Å²) in [7, 11) is 0. The van der Waals surface area contributed by atoms with Crippen LogP contribution in [-0.2, 0) is 22.6 Å². The average Bonchev–Trinajstić information content (AvgIpc) is 3.24. The average molecular weight is 343 g/mol. The van der Waals surface area contributed by atoms with Crippen LogP contribution in [0, 0.1) is 0 Å². The second-order valence-corrected chi connectivity index (χ2v) is 7.12. The van der Waals surface area contributed by atoms with Gasteiger partial charge in [0.05, 0.1) is 13.2 Å². The summed E-state index contributed by atoms with van der Waals surface area (Å²) in [6, 6.07) is 6.46. The second-order valence-electron chi connectivity index (χ2n) is 7.12. The van der Waals surface area contributed by atoms with Gasteiger partial charge in [-0.1, -0.05) is 12.1 Å². The molecule has 1 aromatic rings. The minimum absolute atomic E-state index is 0.0876. The lowest BCUT2D eigenvalue weighted by Gasteiger charge is -2.35. The maximum atomic E-state index is 12.4. The summed E-state index contributed by atoms with van der Waals surface area (Å²) < 4.78 is 5.56. The third-order valence-corrected chi connectivity index (χ3v) is 5.38. The fourth-order valence-corrected chi connectivity index (χ4v) is 3.89. The molecule has 0 unspecified atom stereocenters. The number of amides is 2. The first-order valence-electron chi connectivity index (χ1n) is 9.21. The quantitative estimate of drug-likeness (QED) is 0.815. The smallest absolute Gasteiger partial charge is 0.242 e. The van der Waals surface area contributed by atoms with E-state index < -0.39 is 0 Å². The molecule has 0 bridgehead atoms. The number of benzene rings is 1. The van der Waals surface area contributed by atoms with Gasteiger partial charge in [0.25, 0.3) is 0 Å². The van der Waals surface area contributed by atoms with Gasteiger partial charge in [-0.2, -0.15) is 0 Å². The predicted octanol–water partition coefficient (Wildman–Crippen LogP) is 0.888. The van der Waals surface area contributed by atoms with Crippen molar-refractivity contribution in [2.24, 2.45) is 0 Å². The predicted molar refractivity (Wildman–Crippen MR) is 93.3 cm³/mol. The van der Waals surface area contributed by atoms with E-state index in [2.05, 4.69) is 23.1 Å². The molecule has 25 heavy (non-hydrogen) atoms. The maximum Gasteiger partial charge on any atom is 0.242 e. The number of carbonyl (C=O) groups excluding carboxylic acids is 2. The van der Waals surface area contributed by atoms with Crippen molar-refractivity contribution in [3.63, 3.8) is 0 Å². The van der Waals surface area contributed by atoms with Gasteiger partial charge in [0.2, 0.25) is 11.8 Å². The van der Waals surface area contributed by atoms with E-state index in [1.165, 1.54) is 11.1 Å². The van der Waals surface area contributed by atoms with Crippen LogP contribution in [0.5, 0.6) is 5.75 Å². The summed E-state index contributed by atoms with van der Waals surface area (Å²) in [5, 5.41) is 0. The fourth-order valence-electron chi connectivity index (χ4n) is 3.89. The highest BCUT2D eigenvalue weighted by atomic mass is 16.5. The SMILES string of the molecule is O=C(CN1CCCC1=O)N1CCN(Cc2ccc3c(c2)CCO3)CC1. The van der Waals surface area contributed by atoms with Gasteiger partial charge in [0.1, 0.15) is 5.75 Å². The van der Waals surface area contributed by atoms with Crippen molar-refractivity contribution < 1.29 is 14.3 Å². The summed E-state index contributed by atoms with van der Waals surface area (Å²) in [4.78, 5) is 30.0. The first-order chi connectivity index (χ1) is 12.2. The second kappa shape index (κ2) is 7.04. The minimum atomic E-state index is 0.0876. The molecule has 0 N–H and O–H groups in total. The van der Waals surface area contributed by atoms with E-state index in [1.807, 2.05) is 4.90 Å². The topological polar surface area (TPSA) is 53.1 Å². The van der Waals surface area contributed by atoms with Crippen LogP contribution in [0.4, 0.5) is 0 Å². The van der Waals surface area contributed by atoms with Crippen LogP contribution in [0.2, 0.25) is 0 Å². The van der Waals surface area contributed by atoms with E-state index >= 15 is 0 Å². The molecule has 1 aromatic carbocycles. The molecule has 2 amide bonds. The number of hydrogen-bond acceptors (Lipinski definition) is 4. The number of nitrogens with zero attached hydrogens (tertiary/aromatic N) is 3. The van der Waals surface area contributed by atoms with Crippen molar-refractivity contribution >= 4 is 11.8 Å². The van der Waals surface area contributed by atoms with Gasteiger partial charge < -0.3 is 14.5 Å². The molecule has 2 saturated heterocycles. The van der Waals surface area contributed by atoms with Crippen LogP contribution >= 0.6 is 0 Å². The maximum absolute atomic E-state index is 12.4. The van der Waals surface area contributed by atoms with Gasteiger partial charge in [-0.15, -0.1) is 0 Å². The monoisotopic (exact) mass is 343 g/mol. The van der Waals surface area contributed by atoms with Gasteiger partial charge in [0.15, 0.2) is 0 Å². The van der Waals surface area contributed by atoms with Crippen LogP contribution in [-0.4, -0.2) is 72.4 Å². The Hall–Kier alpha value is -2.08. The third kappa shape index (κ3) is 3.63. The summed E-state index contributed by atoms with van der Waals surface area (Å²) in [5.74, 6) is 1.23. The van der Waals surface area contributed by atoms with Crippen molar-refractivity contribution in [3.8, 4) is 5.75 Å². The minimum Gasteiger partial charge on any atom is -0.493 e. The van der Waals surface area contributed by atoms with E-state index in [1.54, 1.807) is 4.90 Å². The Balaban J connectivity index is 1.26. The van der Waals surface area contributed by atoms with Crippen molar-refractivity contribution in [2.45, 2.75) is 25.8 Å². The highest BCUT2D eigenvalue weighted by Gasteiger charge is 2.27. The Kier molecular flexibility index (Phi) is 4.61. The summed E-state index contributed by atoms with van der Waals surface area (Å²) >= 11 is 0. The van der Waals surface area contributed by atoms with E-state index in [9.17, 15) is 9.59 Å². The van der Waals surface area contributed by atoms with Crippen molar-refractivity contribution in [3.05, 3.63) is 29.3 Å². The molecule has 0 radical (unpaired) electrons. The number of hydrogen-bond donors (Lipinski definition) is 0. The van der Waals surface area contributed by atoms with E-state index in [0.717, 1.165) is 64.5 Å². The van der Waals surface area contributed by atoms with Crippen molar-refractivity contribution in [1.29, 1.82) is 0 Å². The molecule has 134 valence electrons. The van der Waals surface area contributed by atoms with Gasteiger partial charge in [-0.25, -0.2) is 0 Å². The molecular weight excluding hydrogens is 318 g/mol. The first kappa shape index (κ1) is 16.4. The zero-order chi connectivity index (χ0) is 17.2. The molecule has 0 spiro atoms. The zero-order valence-corrected chi connectivity index (χ0v) is 14.6. The summed E-state index contributed by atoms with van der Waals surface area (Å²) in [6.45, 7) is 5.94. The molecule has 0 saturated carbocycles. The molecule has 6 heteroatoms. The largest absolute Gasteiger partial charge is 0.493 e. The first-order valence-corrected chi connectivity index (χ1v) is 9.21. The van der Waals surface area contributed by atoms with E-state index in [0.29, 0.717) is 6.42 Å². The lowest BCUT2D eigenvalue weighted by Crippen LogP contribution is -2.51. The summed E-state index contributed by atoms with van der Waals surface area (Å²) in [6.07, 6.45) is 2.47. The highest BCUT2D eigenvalue weighted by Crippen LogP contribution is 2.26. The van der Waals surface area contributed by atoms with E-state index in [4.69, 9.17) is 4.74 Å². The lowest BCUT2D eigenvalue weighted by atomic mass is 10.1. The molecule has 0 aromatic heterocycles. The number of likely N-dealkylation sites (tertiary alicyclic amines) is 1. The Morgan fingerprint density at radius 2 is 1.92 bits per heavy atom. The lowest BCUT2D eigenvalue weighted by molar-refractivity contribution is -0.139. The highest BCUT2D eigenvalue weighted by molar-refractivity contribution is 5.85. The van der Waals surface area contributed by atoms with Gasteiger partial charge in [0, 0.05) is 52.1 Å². The molecule has 0 aliphatic carbocycles. The molecule has 2 fully saturated rings. The van der Waals surface area contributed by atoms with E-state index in [-0.39, 0.29) is 18.4 Å². The fraction of sp³-hybridized carbons (Fsp3) is 0.579.